The Kier molecular flexibility index (Phi) is 5.94. The molecule has 0 radical (unpaired) electrons. The maximum absolute atomic E-state index is 13.1. The average molecular weight is 457 g/mol. The maximum atomic E-state index is 13.1. The highest BCUT2D eigenvalue weighted by molar-refractivity contribution is 5.18. The standard InChI is InChI=1S/C27H43F3O2/c1-17(10-13-26(5,32)27(28,29)30)20-8-9-21-19-7-6-18-16-23(2,31)14-15-24(18,3)22(19)11-12-25(20,21)4/h10,18-22,31-32H,6-9,11-16H2,1-5H3/b17-10-/t18?,19-,20+,21-,22-,23-,24-,25+,26+/m0/s1. The number of alkyl halides is 3. The van der Waals surface area contributed by atoms with Crippen LogP contribution in [0.5, 0.6) is 0 Å². The van der Waals surface area contributed by atoms with E-state index < -0.39 is 17.4 Å². The second-order valence-corrected chi connectivity index (χ2v) is 13.0. The molecule has 0 heterocycles. The van der Waals surface area contributed by atoms with Gasteiger partial charge in [-0.15, -0.1) is 0 Å². The molecule has 32 heavy (non-hydrogen) atoms. The lowest BCUT2D eigenvalue weighted by molar-refractivity contribution is -0.251. The topological polar surface area (TPSA) is 40.5 Å². The largest absolute Gasteiger partial charge is 0.417 e. The molecule has 4 saturated carbocycles. The summed E-state index contributed by atoms with van der Waals surface area (Å²) >= 11 is 0. The highest BCUT2D eigenvalue weighted by atomic mass is 19.4. The van der Waals surface area contributed by atoms with E-state index in [2.05, 4.69) is 13.8 Å². The van der Waals surface area contributed by atoms with Crippen molar-refractivity contribution in [2.24, 2.45) is 40.4 Å². The van der Waals surface area contributed by atoms with Crippen LogP contribution >= 0.6 is 0 Å². The van der Waals surface area contributed by atoms with Crippen molar-refractivity contribution >= 4 is 0 Å². The highest BCUT2D eigenvalue weighted by Crippen LogP contribution is 2.68. The number of allylic oxidation sites excluding steroid dienone is 1. The van der Waals surface area contributed by atoms with Gasteiger partial charge in [-0.2, -0.15) is 13.2 Å². The van der Waals surface area contributed by atoms with Gasteiger partial charge in [0.2, 0.25) is 0 Å². The fraction of sp³-hybridized carbons (Fsp3) is 0.926. The summed E-state index contributed by atoms with van der Waals surface area (Å²) in [5.41, 5.74) is -1.68. The highest BCUT2D eigenvalue weighted by Gasteiger charge is 2.61. The average Bonchev–Trinajstić information content (AvgIpc) is 3.03. The monoisotopic (exact) mass is 456 g/mol. The minimum absolute atomic E-state index is 0.148. The molecule has 2 N–H and O–H groups in total. The predicted molar refractivity (Wildman–Crippen MR) is 121 cm³/mol. The molecule has 0 spiro atoms. The van der Waals surface area contributed by atoms with E-state index in [1.54, 1.807) is 6.08 Å². The van der Waals surface area contributed by atoms with Gasteiger partial charge < -0.3 is 10.2 Å². The van der Waals surface area contributed by atoms with E-state index in [0.29, 0.717) is 35.0 Å². The van der Waals surface area contributed by atoms with Gasteiger partial charge in [-0.1, -0.05) is 25.5 Å². The zero-order valence-electron chi connectivity index (χ0n) is 20.6. The Morgan fingerprint density at radius 3 is 2.25 bits per heavy atom. The van der Waals surface area contributed by atoms with E-state index >= 15 is 0 Å². The van der Waals surface area contributed by atoms with Gasteiger partial charge in [0.25, 0.3) is 0 Å². The van der Waals surface area contributed by atoms with Crippen molar-refractivity contribution in [3.8, 4) is 0 Å². The van der Waals surface area contributed by atoms with Crippen LogP contribution in [0.1, 0.15) is 98.8 Å². The smallest absolute Gasteiger partial charge is 0.390 e. The first-order valence-corrected chi connectivity index (χ1v) is 12.8. The molecule has 0 aromatic rings. The second kappa shape index (κ2) is 7.73. The summed E-state index contributed by atoms with van der Waals surface area (Å²) in [5, 5.41) is 20.6. The van der Waals surface area contributed by atoms with Crippen molar-refractivity contribution in [2.45, 2.75) is 116 Å². The SMILES string of the molecule is C/C(=C/C[C@@](C)(O)C(F)(F)F)[C@H]1CC[C@H]2[C@@H]3CCC4C[C@@](C)(O)CC[C@]4(C)[C@H]3CC[C@]12C. The molecule has 9 atom stereocenters. The van der Waals surface area contributed by atoms with Crippen LogP contribution in [0.4, 0.5) is 13.2 Å². The third-order valence-corrected chi connectivity index (χ3v) is 10.9. The molecule has 4 aliphatic rings. The molecule has 2 nitrogen and oxygen atoms in total. The Hall–Kier alpha value is -0.550. The lowest BCUT2D eigenvalue weighted by Crippen LogP contribution is -2.55. The summed E-state index contributed by atoms with van der Waals surface area (Å²) in [6, 6.07) is 0. The third-order valence-electron chi connectivity index (χ3n) is 10.9. The molecule has 4 aliphatic carbocycles. The normalized spacial score (nSPS) is 49.1. The number of aliphatic hydroxyl groups is 2. The molecule has 0 amide bonds. The Balaban J connectivity index is 1.51. The van der Waals surface area contributed by atoms with E-state index in [-0.39, 0.29) is 11.8 Å². The summed E-state index contributed by atoms with van der Waals surface area (Å²) < 4.78 is 39.3. The minimum Gasteiger partial charge on any atom is -0.390 e. The van der Waals surface area contributed by atoms with E-state index in [1.165, 1.54) is 25.7 Å². The van der Waals surface area contributed by atoms with E-state index in [4.69, 9.17) is 0 Å². The summed E-state index contributed by atoms with van der Waals surface area (Å²) in [6.07, 6.45) is 6.63. The van der Waals surface area contributed by atoms with Crippen LogP contribution in [-0.2, 0) is 0 Å². The number of rotatable bonds is 3. The summed E-state index contributed by atoms with van der Waals surface area (Å²) in [7, 11) is 0. The van der Waals surface area contributed by atoms with Crippen molar-refractivity contribution in [3.05, 3.63) is 11.6 Å². The van der Waals surface area contributed by atoms with Crippen LogP contribution in [0.25, 0.3) is 0 Å². The van der Waals surface area contributed by atoms with Crippen molar-refractivity contribution in [2.75, 3.05) is 0 Å². The minimum atomic E-state index is -4.61. The maximum Gasteiger partial charge on any atom is 0.417 e. The van der Waals surface area contributed by atoms with E-state index in [0.717, 1.165) is 44.6 Å². The van der Waals surface area contributed by atoms with Crippen LogP contribution in [0, 0.1) is 40.4 Å². The lowest BCUT2D eigenvalue weighted by atomic mass is 9.44. The van der Waals surface area contributed by atoms with Crippen molar-refractivity contribution in [3.63, 3.8) is 0 Å². The van der Waals surface area contributed by atoms with E-state index in [9.17, 15) is 23.4 Å². The van der Waals surface area contributed by atoms with Gasteiger partial charge in [0, 0.05) is 6.42 Å². The van der Waals surface area contributed by atoms with Crippen LogP contribution in [0.3, 0.4) is 0 Å². The quantitative estimate of drug-likeness (QED) is 0.447. The van der Waals surface area contributed by atoms with Gasteiger partial charge in [-0.05, 0) is 119 Å². The number of hydrogen-bond donors (Lipinski definition) is 2. The van der Waals surface area contributed by atoms with Gasteiger partial charge in [0.05, 0.1) is 5.60 Å². The van der Waals surface area contributed by atoms with Crippen LogP contribution < -0.4 is 0 Å². The van der Waals surface area contributed by atoms with Crippen LogP contribution in [-0.4, -0.2) is 27.6 Å². The molecule has 0 bridgehead atoms. The first-order chi connectivity index (χ1) is 14.6. The zero-order chi connectivity index (χ0) is 23.7. The predicted octanol–water partition coefficient (Wildman–Crippen LogP) is 7.05. The van der Waals surface area contributed by atoms with Gasteiger partial charge in [-0.3, -0.25) is 0 Å². The molecule has 0 aliphatic heterocycles. The fourth-order valence-corrected chi connectivity index (χ4v) is 8.80. The molecule has 4 fully saturated rings. The number of fused-ring (bicyclic) bond motifs is 5. The summed E-state index contributed by atoms with van der Waals surface area (Å²) in [6.45, 7) is 9.75. The second-order valence-electron chi connectivity index (χ2n) is 13.0. The van der Waals surface area contributed by atoms with Crippen LogP contribution in [0.15, 0.2) is 11.6 Å². The van der Waals surface area contributed by atoms with Gasteiger partial charge >= 0.3 is 6.18 Å². The Labute approximate surface area is 192 Å². The molecule has 0 aromatic heterocycles. The first-order valence-electron chi connectivity index (χ1n) is 12.8. The Bertz CT molecular complexity index is 754. The fourth-order valence-electron chi connectivity index (χ4n) is 8.80. The van der Waals surface area contributed by atoms with E-state index in [1.807, 2.05) is 13.8 Å². The van der Waals surface area contributed by atoms with Gasteiger partial charge in [0.15, 0.2) is 5.60 Å². The lowest BCUT2D eigenvalue weighted by Gasteiger charge is -2.62. The molecule has 1 unspecified atom stereocenters. The van der Waals surface area contributed by atoms with Gasteiger partial charge in [0.1, 0.15) is 0 Å². The molecule has 0 aromatic carbocycles. The molecule has 184 valence electrons. The first kappa shape index (κ1) is 24.6. The third kappa shape index (κ3) is 3.87. The van der Waals surface area contributed by atoms with Gasteiger partial charge in [-0.25, -0.2) is 0 Å². The molecule has 0 saturated heterocycles. The number of hydrogen-bond acceptors (Lipinski definition) is 2. The summed E-state index contributed by atoms with van der Waals surface area (Å²) in [4.78, 5) is 0. The van der Waals surface area contributed by atoms with Crippen molar-refractivity contribution in [1.29, 1.82) is 0 Å². The molecule has 5 heteroatoms. The molecular formula is C27H43F3O2. The number of halogens is 3. The molecular weight excluding hydrogens is 413 g/mol. The Morgan fingerprint density at radius 1 is 0.938 bits per heavy atom. The van der Waals surface area contributed by atoms with Crippen molar-refractivity contribution < 1.29 is 23.4 Å². The van der Waals surface area contributed by atoms with Crippen molar-refractivity contribution in [1.82, 2.24) is 0 Å². The zero-order valence-corrected chi connectivity index (χ0v) is 20.6. The van der Waals surface area contributed by atoms with Crippen LogP contribution in [0.2, 0.25) is 0 Å². The molecule has 4 rings (SSSR count). The Morgan fingerprint density at radius 2 is 1.59 bits per heavy atom. The summed E-state index contributed by atoms with van der Waals surface area (Å²) in [5.74, 6) is 2.98.